The van der Waals surface area contributed by atoms with Crippen LogP contribution in [0.1, 0.15) is 59.4 Å². The van der Waals surface area contributed by atoms with Gasteiger partial charge in [0.2, 0.25) is 5.91 Å². The standard InChI is InChI=1S/C26H32FN3O3/c1-4-18(3)28-25(32)23(29-24(31)22-8-6-5-7-17(22)2)19-13-15-30(16-14-19)26(33)20-9-11-21(27)12-10-20/h5-12,18-19,23H,4,13-16H2,1-3H3,(H,28,32)(H,29,31)/t18-,23-/m0/s1. The van der Waals surface area contributed by atoms with Gasteiger partial charge in [-0.2, -0.15) is 0 Å². The molecule has 2 aromatic carbocycles. The summed E-state index contributed by atoms with van der Waals surface area (Å²) in [4.78, 5) is 40.5. The monoisotopic (exact) mass is 453 g/mol. The van der Waals surface area contributed by atoms with Gasteiger partial charge < -0.3 is 15.5 Å². The first-order chi connectivity index (χ1) is 15.8. The molecule has 0 aliphatic carbocycles. The third-order valence-corrected chi connectivity index (χ3v) is 6.35. The lowest BCUT2D eigenvalue weighted by molar-refractivity contribution is -0.125. The molecule has 1 fully saturated rings. The molecule has 6 nitrogen and oxygen atoms in total. The van der Waals surface area contributed by atoms with Gasteiger partial charge in [-0.15, -0.1) is 0 Å². The summed E-state index contributed by atoms with van der Waals surface area (Å²) < 4.78 is 13.2. The topological polar surface area (TPSA) is 78.5 Å². The molecular formula is C26H32FN3O3. The van der Waals surface area contributed by atoms with E-state index in [2.05, 4.69) is 10.6 Å². The van der Waals surface area contributed by atoms with Gasteiger partial charge in [0.15, 0.2) is 0 Å². The SMILES string of the molecule is CC[C@H](C)NC(=O)[C@@H](NC(=O)c1ccccc1C)C1CCN(C(=O)c2ccc(F)cc2)CC1. The van der Waals surface area contributed by atoms with Crippen LogP contribution >= 0.6 is 0 Å². The Hall–Kier alpha value is -3.22. The number of carbonyl (C=O) groups is 3. The van der Waals surface area contributed by atoms with E-state index in [-0.39, 0.29) is 35.5 Å². The Morgan fingerprint density at radius 3 is 2.27 bits per heavy atom. The number of rotatable bonds is 7. The molecular weight excluding hydrogens is 421 g/mol. The molecule has 33 heavy (non-hydrogen) atoms. The Balaban J connectivity index is 1.71. The highest BCUT2D eigenvalue weighted by molar-refractivity contribution is 5.98. The molecule has 2 aromatic rings. The van der Waals surface area contributed by atoms with E-state index in [1.807, 2.05) is 32.9 Å². The highest BCUT2D eigenvalue weighted by Crippen LogP contribution is 2.23. The first-order valence-corrected chi connectivity index (χ1v) is 11.5. The number of nitrogens with zero attached hydrogens (tertiary/aromatic N) is 1. The number of benzene rings is 2. The highest BCUT2D eigenvalue weighted by Gasteiger charge is 2.34. The average molecular weight is 454 g/mol. The minimum atomic E-state index is -0.686. The number of likely N-dealkylation sites (tertiary alicyclic amines) is 1. The number of hydrogen-bond donors (Lipinski definition) is 2. The summed E-state index contributed by atoms with van der Waals surface area (Å²) in [6.07, 6.45) is 1.95. The molecule has 0 aromatic heterocycles. The molecule has 1 aliphatic rings. The Bertz CT molecular complexity index is 985. The molecule has 7 heteroatoms. The summed E-state index contributed by atoms with van der Waals surface area (Å²) in [6, 6.07) is 12.1. The summed E-state index contributed by atoms with van der Waals surface area (Å²) in [5, 5.41) is 5.95. The zero-order valence-electron chi connectivity index (χ0n) is 19.4. The van der Waals surface area contributed by atoms with E-state index in [1.165, 1.54) is 24.3 Å². The first kappa shape index (κ1) is 24.4. The van der Waals surface area contributed by atoms with E-state index in [1.54, 1.807) is 17.0 Å². The van der Waals surface area contributed by atoms with E-state index in [4.69, 9.17) is 0 Å². The van der Waals surface area contributed by atoms with Crippen molar-refractivity contribution in [3.63, 3.8) is 0 Å². The molecule has 0 radical (unpaired) electrons. The van der Waals surface area contributed by atoms with Crippen molar-refractivity contribution in [3.05, 3.63) is 71.0 Å². The van der Waals surface area contributed by atoms with Crippen LogP contribution < -0.4 is 10.6 Å². The summed E-state index contributed by atoms with van der Waals surface area (Å²) in [5.41, 5.74) is 1.83. The lowest BCUT2D eigenvalue weighted by atomic mass is 9.88. The number of hydrogen-bond acceptors (Lipinski definition) is 3. The van der Waals surface area contributed by atoms with Crippen LogP contribution in [0.25, 0.3) is 0 Å². The number of piperidine rings is 1. The summed E-state index contributed by atoms with van der Waals surface area (Å²) in [5.74, 6) is -1.11. The minimum absolute atomic E-state index is 0.00416. The van der Waals surface area contributed by atoms with Crippen LogP contribution in [0.5, 0.6) is 0 Å². The zero-order chi connectivity index (χ0) is 24.0. The predicted octanol–water partition coefficient (Wildman–Crippen LogP) is 3.70. The van der Waals surface area contributed by atoms with Gasteiger partial charge in [-0.3, -0.25) is 14.4 Å². The van der Waals surface area contributed by atoms with Crippen molar-refractivity contribution < 1.29 is 18.8 Å². The normalized spacial score (nSPS) is 16.1. The van der Waals surface area contributed by atoms with E-state index in [0.717, 1.165) is 12.0 Å². The van der Waals surface area contributed by atoms with Gasteiger partial charge in [-0.25, -0.2) is 4.39 Å². The van der Waals surface area contributed by atoms with Crippen molar-refractivity contribution in [3.8, 4) is 0 Å². The first-order valence-electron chi connectivity index (χ1n) is 11.5. The maximum Gasteiger partial charge on any atom is 0.253 e. The molecule has 176 valence electrons. The smallest absolute Gasteiger partial charge is 0.253 e. The Kier molecular flexibility index (Phi) is 8.20. The quantitative estimate of drug-likeness (QED) is 0.671. The molecule has 3 rings (SSSR count). The van der Waals surface area contributed by atoms with Crippen LogP contribution in [0.4, 0.5) is 4.39 Å². The molecule has 0 bridgehead atoms. The Morgan fingerprint density at radius 1 is 1.03 bits per heavy atom. The van der Waals surface area contributed by atoms with E-state index in [9.17, 15) is 18.8 Å². The molecule has 3 amide bonds. The maximum atomic E-state index is 13.2. The summed E-state index contributed by atoms with van der Waals surface area (Å²) in [6.45, 7) is 6.72. The molecule has 2 atom stereocenters. The van der Waals surface area contributed by atoms with Crippen molar-refractivity contribution >= 4 is 17.7 Å². The fourth-order valence-corrected chi connectivity index (χ4v) is 4.09. The molecule has 2 N–H and O–H groups in total. The van der Waals surface area contributed by atoms with E-state index >= 15 is 0 Å². The fourth-order valence-electron chi connectivity index (χ4n) is 4.09. The molecule has 0 unspecified atom stereocenters. The van der Waals surface area contributed by atoms with Crippen molar-refractivity contribution in [2.24, 2.45) is 5.92 Å². The Labute approximate surface area is 194 Å². The third kappa shape index (κ3) is 6.18. The second-order valence-corrected chi connectivity index (χ2v) is 8.72. The highest BCUT2D eigenvalue weighted by atomic mass is 19.1. The number of halogens is 1. The van der Waals surface area contributed by atoms with Gasteiger partial charge in [0.25, 0.3) is 11.8 Å². The van der Waals surface area contributed by atoms with E-state index in [0.29, 0.717) is 37.1 Å². The van der Waals surface area contributed by atoms with E-state index < -0.39 is 6.04 Å². The van der Waals surface area contributed by atoms with Crippen LogP contribution in [0.3, 0.4) is 0 Å². The van der Waals surface area contributed by atoms with Gasteiger partial charge in [0.1, 0.15) is 11.9 Å². The fraction of sp³-hybridized carbons (Fsp3) is 0.423. The molecule has 1 saturated heterocycles. The molecule has 0 spiro atoms. The average Bonchev–Trinajstić information content (AvgIpc) is 2.82. The second-order valence-electron chi connectivity index (χ2n) is 8.72. The van der Waals surface area contributed by atoms with Crippen molar-refractivity contribution in [1.82, 2.24) is 15.5 Å². The van der Waals surface area contributed by atoms with Crippen molar-refractivity contribution in [2.45, 2.75) is 52.1 Å². The third-order valence-electron chi connectivity index (χ3n) is 6.35. The lowest BCUT2D eigenvalue weighted by Crippen LogP contribution is -2.55. The van der Waals surface area contributed by atoms with Crippen molar-refractivity contribution in [2.75, 3.05) is 13.1 Å². The van der Waals surface area contributed by atoms with Crippen LogP contribution in [0.2, 0.25) is 0 Å². The molecule has 0 saturated carbocycles. The maximum absolute atomic E-state index is 13.2. The van der Waals surface area contributed by atoms with Crippen LogP contribution in [0.15, 0.2) is 48.5 Å². The zero-order valence-corrected chi connectivity index (χ0v) is 19.4. The van der Waals surface area contributed by atoms with Crippen LogP contribution in [-0.2, 0) is 4.79 Å². The summed E-state index contributed by atoms with van der Waals surface area (Å²) in [7, 11) is 0. The van der Waals surface area contributed by atoms with Crippen LogP contribution in [-0.4, -0.2) is 47.8 Å². The van der Waals surface area contributed by atoms with Gasteiger partial charge in [0.05, 0.1) is 0 Å². The van der Waals surface area contributed by atoms with Crippen molar-refractivity contribution in [1.29, 1.82) is 0 Å². The van der Waals surface area contributed by atoms with Crippen LogP contribution in [0, 0.1) is 18.7 Å². The number of carbonyl (C=O) groups excluding carboxylic acids is 3. The predicted molar refractivity (Wildman–Crippen MR) is 125 cm³/mol. The van der Waals surface area contributed by atoms with Gasteiger partial charge >= 0.3 is 0 Å². The lowest BCUT2D eigenvalue weighted by Gasteiger charge is -2.36. The van der Waals surface area contributed by atoms with Gasteiger partial charge in [0, 0.05) is 30.3 Å². The number of nitrogens with one attached hydrogen (secondary N) is 2. The van der Waals surface area contributed by atoms with Gasteiger partial charge in [-0.1, -0.05) is 25.1 Å². The largest absolute Gasteiger partial charge is 0.352 e. The number of amides is 3. The minimum Gasteiger partial charge on any atom is -0.352 e. The second kappa shape index (κ2) is 11.1. The molecule has 1 aliphatic heterocycles. The molecule has 1 heterocycles. The summed E-state index contributed by atoms with van der Waals surface area (Å²) >= 11 is 0. The Morgan fingerprint density at radius 2 is 1.67 bits per heavy atom. The van der Waals surface area contributed by atoms with Gasteiger partial charge in [-0.05, 0) is 74.9 Å². The number of aryl methyl sites for hydroxylation is 1.